The van der Waals surface area contributed by atoms with Crippen molar-refractivity contribution in [2.75, 3.05) is 32.3 Å². The van der Waals surface area contributed by atoms with Crippen molar-refractivity contribution >= 4 is 21.4 Å². The summed E-state index contributed by atoms with van der Waals surface area (Å²) in [6.07, 6.45) is 4.53. The second-order valence-electron chi connectivity index (χ2n) is 6.58. The molecular weight excluding hydrogens is 312 g/mol. The summed E-state index contributed by atoms with van der Waals surface area (Å²) in [5.74, 6) is -0.116. The molecule has 128 valence electrons. The first-order valence-corrected chi connectivity index (χ1v) is 9.90. The summed E-state index contributed by atoms with van der Waals surface area (Å²) < 4.78 is 24.1. The van der Waals surface area contributed by atoms with Crippen LogP contribution < -0.4 is 4.90 Å². The van der Waals surface area contributed by atoms with Crippen molar-refractivity contribution in [3.05, 3.63) is 29.8 Å². The molecule has 1 aromatic rings. The predicted molar refractivity (Wildman–Crippen MR) is 93.8 cm³/mol. The van der Waals surface area contributed by atoms with Gasteiger partial charge >= 0.3 is 0 Å². The lowest BCUT2D eigenvalue weighted by Gasteiger charge is -2.37. The van der Waals surface area contributed by atoms with Crippen molar-refractivity contribution in [2.24, 2.45) is 0 Å². The minimum absolute atomic E-state index is 0.116. The Bertz CT molecular complexity index is 670. The van der Waals surface area contributed by atoms with Gasteiger partial charge in [-0.05, 0) is 31.0 Å². The molecule has 23 heavy (non-hydrogen) atoms. The van der Waals surface area contributed by atoms with Gasteiger partial charge < -0.3 is 9.80 Å². The monoisotopic (exact) mass is 338 g/mol. The highest BCUT2D eigenvalue weighted by molar-refractivity contribution is 7.91. The summed E-state index contributed by atoms with van der Waals surface area (Å²) in [5.41, 5.74) is 1.55. The van der Waals surface area contributed by atoms with E-state index in [1.165, 1.54) is 6.26 Å². The largest absolute Gasteiger partial charge is 0.378 e. The minimum Gasteiger partial charge on any atom is -0.378 e. The Morgan fingerprint density at radius 1 is 1.13 bits per heavy atom. The second kappa shape index (κ2) is 6.91. The maximum absolute atomic E-state index is 12.8. The van der Waals surface area contributed by atoms with Gasteiger partial charge in [0.25, 0.3) is 5.91 Å². The Morgan fingerprint density at radius 3 is 2.39 bits per heavy atom. The highest BCUT2D eigenvalue weighted by Gasteiger charge is 2.37. The minimum atomic E-state index is -3.16. The summed E-state index contributed by atoms with van der Waals surface area (Å²) in [5, 5.41) is -0.456. The molecule has 6 heteroatoms. The molecule has 0 radical (unpaired) electrons. The van der Waals surface area contributed by atoms with Crippen LogP contribution in [0.25, 0.3) is 0 Å². The fraction of sp³-hybridized carbons (Fsp3) is 0.588. The molecule has 2 rings (SSSR count). The van der Waals surface area contributed by atoms with E-state index in [9.17, 15) is 13.2 Å². The number of benzene rings is 1. The quantitative estimate of drug-likeness (QED) is 0.844. The molecule has 5 nitrogen and oxygen atoms in total. The summed E-state index contributed by atoms with van der Waals surface area (Å²) >= 11 is 0. The topological polar surface area (TPSA) is 57.7 Å². The normalized spacial score (nSPS) is 21.7. The number of anilines is 1. The van der Waals surface area contributed by atoms with Gasteiger partial charge in [0.15, 0.2) is 9.84 Å². The number of carbonyl (C=O) groups excluding carboxylic acids is 1. The van der Waals surface area contributed by atoms with E-state index in [1.54, 1.807) is 18.0 Å². The first kappa shape index (κ1) is 17.8. The molecule has 1 fully saturated rings. The van der Waals surface area contributed by atoms with Gasteiger partial charge in [0, 0.05) is 44.7 Å². The van der Waals surface area contributed by atoms with Crippen LogP contribution in [0.2, 0.25) is 0 Å². The van der Waals surface area contributed by atoms with E-state index < -0.39 is 15.1 Å². The molecular formula is C17H26N2O3S. The average Bonchev–Trinajstić information content (AvgIpc) is 2.52. The molecule has 0 N–H and O–H groups in total. The van der Waals surface area contributed by atoms with E-state index in [4.69, 9.17) is 0 Å². The Balaban J connectivity index is 2.26. The number of hydrogen-bond acceptors (Lipinski definition) is 4. The Hall–Kier alpha value is -1.56. The fourth-order valence-corrected chi connectivity index (χ4v) is 4.78. The van der Waals surface area contributed by atoms with Crippen LogP contribution in [-0.2, 0) is 9.84 Å². The van der Waals surface area contributed by atoms with Gasteiger partial charge in [-0.2, -0.15) is 0 Å². The molecule has 1 aliphatic carbocycles. The second-order valence-corrected chi connectivity index (χ2v) is 8.85. The third kappa shape index (κ3) is 4.05. The smallest absolute Gasteiger partial charge is 0.253 e. The number of nitrogens with zero attached hydrogens (tertiary/aromatic N) is 2. The van der Waals surface area contributed by atoms with Gasteiger partial charge in [-0.15, -0.1) is 0 Å². The summed E-state index contributed by atoms with van der Waals surface area (Å²) in [6.45, 7) is 0. The maximum Gasteiger partial charge on any atom is 0.253 e. The molecule has 1 aromatic carbocycles. The van der Waals surface area contributed by atoms with Crippen LogP contribution in [0.1, 0.15) is 36.0 Å². The van der Waals surface area contributed by atoms with Crippen LogP contribution in [0.4, 0.5) is 5.69 Å². The molecule has 0 spiro atoms. The molecule has 1 saturated carbocycles. The lowest BCUT2D eigenvalue weighted by Crippen LogP contribution is -2.49. The number of sulfone groups is 1. The Kier molecular flexibility index (Phi) is 5.34. The van der Waals surface area contributed by atoms with E-state index in [-0.39, 0.29) is 11.9 Å². The Labute approximate surface area is 139 Å². The number of hydrogen-bond donors (Lipinski definition) is 0. The zero-order chi connectivity index (χ0) is 17.2. The zero-order valence-electron chi connectivity index (χ0n) is 14.3. The lowest BCUT2D eigenvalue weighted by molar-refractivity contribution is 0.0700. The van der Waals surface area contributed by atoms with Gasteiger partial charge in [0.05, 0.1) is 5.25 Å². The first-order valence-electron chi connectivity index (χ1n) is 7.95. The predicted octanol–water partition coefficient (Wildman–Crippen LogP) is 2.18. The van der Waals surface area contributed by atoms with Crippen LogP contribution in [0.5, 0.6) is 0 Å². The maximum atomic E-state index is 12.8. The van der Waals surface area contributed by atoms with Crippen LogP contribution in [0.15, 0.2) is 24.3 Å². The van der Waals surface area contributed by atoms with Crippen LogP contribution >= 0.6 is 0 Å². The van der Waals surface area contributed by atoms with Crippen LogP contribution in [-0.4, -0.2) is 57.9 Å². The van der Waals surface area contributed by atoms with E-state index in [2.05, 4.69) is 0 Å². The van der Waals surface area contributed by atoms with Crippen LogP contribution in [0.3, 0.4) is 0 Å². The number of carbonyl (C=O) groups is 1. The lowest BCUT2D eigenvalue weighted by atomic mass is 9.93. The molecule has 1 amide bonds. The summed E-state index contributed by atoms with van der Waals surface area (Å²) in [6, 6.07) is 7.18. The third-order valence-electron chi connectivity index (χ3n) is 4.64. The SMILES string of the molecule is CN(C)c1cccc(C(=O)N(C)[C@@H]2CCCC[C@@H]2S(C)(=O)=O)c1. The van der Waals surface area contributed by atoms with Gasteiger partial charge in [0.1, 0.15) is 0 Å². The molecule has 0 bridgehead atoms. The van der Waals surface area contributed by atoms with E-state index in [0.717, 1.165) is 24.9 Å². The summed E-state index contributed by atoms with van der Waals surface area (Å²) in [4.78, 5) is 16.4. The van der Waals surface area contributed by atoms with E-state index >= 15 is 0 Å². The number of rotatable bonds is 4. The molecule has 1 aliphatic rings. The van der Waals surface area contributed by atoms with Crippen molar-refractivity contribution in [1.29, 1.82) is 0 Å². The molecule has 0 aliphatic heterocycles. The molecule has 0 saturated heterocycles. The Morgan fingerprint density at radius 2 is 1.78 bits per heavy atom. The van der Waals surface area contributed by atoms with Gasteiger partial charge in [-0.1, -0.05) is 18.9 Å². The van der Waals surface area contributed by atoms with Crippen molar-refractivity contribution in [3.63, 3.8) is 0 Å². The van der Waals surface area contributed by atoms with Crippen LogP contribution in [0, 0.1) is 0 Å². The molecule has 2 atom stereocenters. The van der Waals surface area contributed by atoms with Crippen molar-refractivity contribution < 1.29 is 13.2 Å². The zero-order valence-corrected chi connectivity index (χ0v) is 15.1. The molecule has 0 heterocycles. The van der Waals surface area contributed by atoms with Crippen molar-refractivity contribution in [1.82, 2.24) is 4.90 Å². The summed E-state index contributed by atoms with van der Waals surface area (Å²) in [7, 11) is 2.41. The molecule has 0 aromatic heterocycles. The highest BCUT2D eigenvalue weighted by atomic mass is 32.2. The van der Waals surface area contributed by atoms with Crippen molar-refractivity contribution in [2.45, 2.75) is 37.0 Å². The standard InChI is InChI=1S/C17H26N2O3S/c1-18(2)14-9-7-8-13(12-14)17(20)19(3)15-10-5-6-11-16(15)23(4,21)22/h7-9,12,15-16H,5-6,10-11H2,1-4H3/t15-,16+/m1/s1. The van der Waals surface area contributed by atoms with Gasteiger partial charge in [-0.25, -0.2) is 8.42 Å². The first-order chi connectivity index (χ1) is 10.7. The third-order valence-corrected chi connectivity index (χ3v) is 6.29. The highest BCUT2D eigenvalue weighted by Crippen LogP contribution is 2.28. The van der Waals surface area contributed by atoms with E-state index in [0.29, 0.717) is 12.0 Å². The van der Waals surface area contributed by atoms with Gasteiger partial charge in [-0.3, -0.25) is 4.79 Å². The van der Waals surface area contributed by atoms with Crippen molar-refractivity contribution in [3.8, 4) is 0 Å². The van der Waals surface area contributed by atoms with Gasteiger partial charge in [0.2, 0.25) is 0 Å². The molecule has 0 unspecified atom stereocenters. The van der Waals surface area contributed by atoms with E-state index in [1.807, 2.05) is 37.2 Å². The average molecular weight is 338 g/mol. The number of amides is 1. The fourth-order valence-electron chi connectivity index (χ4n) is 3.29.